The molecular formula is C11H21NO2. The number of carbonyl (C=O) groups excluding carboxylic acids is 1. The van der Waals surface area contributed by atoms with Crippen molar-refractivity contribution in [3.05, 3.63) is 0 Å². The molecule has 3 nitrogen and oxygen atoms in total. The van der Waals surface area contributed by atoms with E-state index in [0.717, 1.165) is 19.4 Å². The van der Waals surface area contributed by atoms with E-state index in [-0.39, 0.29) is 5.97 Å². The Kier molecular flexibility index (Phi) is 4.94. The van der Waals surface area contributed by atoms with Crippen molar-refractivity contribution < 1.29 is 9.53 Å². The van der Waals surface area contributed by atoms with Gasteiger partial charge in [-0.25, -0.2) is 0 Å². The van der Waals surface area contributed by atoms with Crippen molar-refractivity contribution in [3.63, 3.8) is 0 Å². The molecule has 0 heterocycles. The van der Waals surface area contributed by atoms with Crippen molar-refractivity contribution in [2.75, 3.05) is 13.7 Å². The lowest BCUT2D eigenvalue weighted by Crippen LogP contribution is -2.33. The van der Waals surface area contributed by atoms with E-state index in [1.54, 1.807) is 0 Å². The summed E-state index contributed by atoms with van der Waals surface area (Å²) < 4.78 is 4.67. The summed E-state index contributed by atoms with van der Waals surface area (Å²) in [5.74, 6) is 0.495. The number of ether oxygens (including phenoxy) is 1. The van der Waals surface area contributed by atoms with E-state index in [2.05, 4.69) is 17.0 Å². The van der Waals surface area contributed by atoms with Crippen molar-refractivity contribution in [3.8, 4) is 0 Å². The topological polar surface area (TPSA) is 38.3 Å². The highest BCUT2D eigenvalue weighted by Gasteiger charge is 2.22. The number of nitrogens with one attached hydrogen (secondary N) is 1. The molecule has 0 amide bonds. The van der Waals surface area contributed by atoms with E-state index in [4.69, 9.17) is 0 Å². The van der Waals surface area contributed by atoms with Gasteiger partial charge in [-0.1, -0.05) is 6.92 Å². The van der Waals surface area contributed by atoms with Gasteiger partial charge in [0.1, 0.15) is 0 Å². The first-order valence-electron chi connectivity index (χ1n) is 5.56. The van der Waals surface area contributed by atoms with Gasteiger partial charge in [0.15, 0.2) is 0 Å². The number of carbonyl (C=O) groups is 1. The standard InChI is InChI=1S/C11H21NO2/c1-3-12-10-6-4-9(5-7-10)8-11(13)14-2/h9-10,12H,3-8H2,1-2H3. The van der Waals surface area contributed by atoms with Gasteiger partial charge in [-0.3, -0.25) is 4.79 Å². The molecule has 3 heteroatoms. The third-order valence-corrected chi connectivity index (χ3v) is 3.02. The second kappa shape index (κ2) is 6.02. The molecule has 82 valence electrons. The van der Waals surface area contributed by atoms with Gasteiger partial charge in [0.25, 0.3) is 0 Å². The van der Waals surface area contributed by atoms with Crippen LogP contribution in [-0.2, 0) is 9.53 Å². The Hall–Kier alpha value is -0.570. The van der Waals surface area contributed by atoms with E-state index in [1.807, 2.05) is 0 Å². The number of methoxy groups -OCH3 is 1. The molecule has 1 aliphatic rings. The van der Waals surface area contributed by atoms with Crippen molar-refractivity contribution >= 4 is 5.97 Å². The van der Waals surface area contributed by atoms with Crippen LogP contribution in [0.2, 0.25) is 0 Å². The van der Waals surface area contributed by atoms with Gasteiger partial charge in [-0.2, -0.15) is 0 Å². The van der Waals surface area contributed by atoms with E-state index in [9.17, 15) is 4.79 Å². The number of hydrogen-bond acceptors (Lipinski definition) is 3. The zero-order valence-corrected chi connectivity index (χ0v) is 9.21. The largest absolute Gasteiger partial charge is 0.469 e. The summed E-state index contributed by atoms with van der Waals surface area (Å²) in [6.07, 6.45) is 5.33. The second-order valence-electron chi connectivity index (χ2n) is 4.06. The Morgan fingerprint density at radius 1 is 1.36 bits per heavy atom. The van der Waals surface area contributed by atoms with Gasteiger partial charge in [0.2, 0.25) is 0 Å². The molecule has 0 bridgehead atoms. The van der Waals surface area contributed by atoms with Gasteiger partial charge in [0, 0.05) is 12.5 Å². The number of esters is 1. The molecule has 0 atom stereocenters. The first-order valence-corrected chi connectivity index (χ1v) is 5.56. The fraction of sp³-hybridized carbons (Fsp3) is 0.909. The predicted molar refractivity (Wildman–Crippen MR) is 56.1 cm³/mol. The molecule has 14 heavy (non-hydrogen) atoms. The second-order valence-corrected chi connectivity index (χ2v) is 4.06. The Morgan fingerprint density at radius 3 is 2.50 bits per heavy atom. The zero-order chi connectivity index (χ0) is 10.4. The van der Waals surface area contributed by atoms with Crippen LogP contribution >= 0.6 is 0 Å². The smallest absolute Gasteiger partial charge is 0.305 e. The van der Waals surface area contributed by atoms with E-state index >= 15 is 0 Å². The van der Waals surface area contributed by atoms with Crippen molar-refractivity contribution in [2.24, 2.45) is 5.92 Å². The van der Waals surface area contributed by atoms with Crippen LogP contribution < -0.4 is 5.32 Å². The number of hydrogen-bond donors (Lipinski definition) is 1. The van der Waals surface area contributed by atoms with Crippen LogP contribution in [-0.4, -0.2) is 25.7 Å². The van der Waals surface area contributed by atoms with Crippen LogP contribution in [0.25, 0.3) is 0 Å². The summed E-state index contributed by atoms with van der Waals surface area (Å²) in [4.78, 5) is 11.0. The minimum Gasteiger partial charge on any atom is -0.469 e. The molecule has 0 aromatic heterocycles. The molecule has 0 radical (unpaired) electrons. The third-order valence-electron chi connectivity index (χ3n) is 3.02. The van der Waals surface area contributed by atoms with E-state index in [1.165, 1.54) is 20.0 Å². The van der Waals surface area contributed by atoms with Crippen molar-refractivity contribution in [2.45, 2.75) is 45.1 Å². The Morgan fingerprint density at radius 2 is 2.00 bits per heavy atom. The average molecular weight is 199 g/mol. The van der Waals surface area contributed by atoms with Gasteiger partial charge >= 0.3 is 5.97 Å². The van der Waals surface area contributed by atoms with Gasteiger partial charge < -0.3 is 10.1 Å². The number of rotatable bonds is 4. The molecule has 1 fully saturated rings. The molecule has 0 saturated heterocycles. The van der Waals surface area contributed by atoms with Crippen LogP contribution in [0.1, 0.15) is 39.0 Å². The van der Waals surface area contributed by atoms with Crippen LogP contribution in [0.5, 0.6) is 0 Å². The molecular weight excluding hydrogens is 178 g/mol. The van der Waals surface area contributed by atoms with Crippen LogP contribution in [0.3, 0.4) is 0 Å². The van der Waals surface area contributed by atoms with Gasteiger partial charge in [-0.05, 0) is 38.1 Å². The summed E-state index contributed by atoms with van der Waals surface area (Å²) >= 11 is 0. The molecule has 1 saturated carbocycles. The normalized spacial score (nSPS) is 27.3. The molecule has 0 unspecified atom stereocenters. The maximum Gasteiger partial charge on any atom is 0.305 e. The lowest BCUT2D eigenvalue weighted by molar-refractivity contribution is -0.142. The molecule has 1 N–H and O–H groups in total. The molecule has 0 aromatic carbocycles. The minimum absolute atomic E-state index is 0.0584. The van der Waals surface area contributed by atoms with Gasteiger partial charge in [0.05, 0.1) is 7.11 Å². The Balaban J connectivity index is 2.18. The summed E-state index contributed by atoms with van der Waals surface area (Å²) in [6, 6.07) is 0.675. The highest BCUT2D eigenvalue weighted by Crippen LogP contribution is 2.26. The third kappa shape index (κ3) is 3.66. The first-order chi connectivity index (χ1) is 6.76. The minimum atomic E-state index is -0.0584. The monoisotopic (exact) mass is 199 g/mol. The first kappa shape index (κ1) is 11.5. The van der Waals surface area contributed by atoms with Gasteiger partial charge in [-0.15, -0.1) is 0 Å². The lowest BCUT2D eigenvalue weighted by atomic mass is 9.84. The van der Waals surface area contributed by atoms with Crippen LogP contribution in [0.15, 0.2) is 0 Å². The van der Waals surface area contributed by atoms with E-state index < -0.39 is 0 Å². The predicted octanol–water partition coefficient (Wildman–Crippen LogP) is 1.72. The quantitative estimate of drug-likeness (QED) is 0.701. The highest BCUT2D eigenvalue weighted by molar-refractivity contribution is 5.69. The molecule has 0 spiro atoms. The molecule has 0 aliphatic heterocycles. The Labute approximate surface area is 86.2 Å². The van der Waals surface area contributed by atoms with Crippen molar-refractivity contribution in [1.82, 2.24) is 5.32 Å². The van der Waals surface area contributed by atoms with Crippen LogP contribution in [0, 0.1) is 5.92 Å². The Bertz CT molecular complexity index is 174. The lowest BCUT2D eigenvalue weighted by Gasteiger charge is -2.28. The summed E-state index contributed by atoms with van der Waals surface area (Å²) in [5, 5.41) is 3.46. The molecule has 1 aliphatic carbocycles. The maximum atomic E-state index is 11.0. The van der Waals surface area contributed by atoms with Crippen molar-refractivity contribution in [1.29, 1.82) is 0 Å². The highest BCUT2D eigenvalue weighted by atomic mass is 16.5. The average Bonchev–Trinajstić information content (AvgIpc) is 2.21. The maximum absolute atomic E-state index is 11.0. The summed E-state index contributed by atoms with van der Waals surface area (Å²) in [7, 11) is 1.46. The fourth-order valence-electron chi connectivity index (χ4n) is 2.18. The summed E-state index contributed by atoms with van der Waals surface area (Å²) in [5.41, 5.74) is 0. The molecule has 0 aromatic rings. The molecule has 1 rings (SSSR count). The van der Waals surface area contributed by atoms with E-state index in [0.29, 0.717) is 18.4 Å². The summed E-state index contributed by atoms with van der Waals surface area (Å²) in [6.45, 7) is 3.19. The zero-order valence-electron chi connectivity index (χ0n) is 9.21. The van der Waals surface area contributed by atoms with Crippen LogP contribution in [0.4, 0.5) is 0 Å². The SMILES string of the molecule is CCNC1CCC(CC(=O)OC)CC1. The fourth-order valence-corrected chi connectivity index (χ4v) is 2.18.